The van der Waals surface area contributed by atoms with Gasteiger partial charge in [-0.3, -0.25) is 9.59 Å². The van der Waals surface area contributed by atoms with E-state index in [2.05, 4.69) is 10.4 Å². The van der Waals surface area contributed by atoms with E-state index >= 15 is 0 Å². The third-order valence-electron chi connectivity index (χ3n) is 4.45. The van der Waals surface area contributed by atoms with Crippen LogP contribution in [-0.4, -0.2) is 32.3 Å². The SMILES string of the molecule is CCC(CC)(CC(=O)O)NC(=O)c1ccn(-c2ccc(F)cc2C)n1. The quantitative estimate of drug-likeness (QED) is 0.806. The first-order chi connectivity index (χ1) is 11.8. The van der Waals surface area contributed by atoms with Crippen LogP contribution in [0.15, 0.2) is 30.5 Å². The second-order valence-electron chi connectivity index (χ2n) is 6.09. The maximum Gasteiger partial charge on any atom is 0.305 e. The molecule has 0 fully saturated rings. The summed E-state index contributed by atoms with van der Waals surface area (Å²) in [6.07, 6.45) is 2.47. The van der Waals surface area contributed by atoms with Crippen molar-refractivity contribution in [1.29, 1.82) is 0 Å². The van der Waals surface area contributed by atoms with Crippen molar-refractivity contribution >= 4 is 11.9 Å². The number of amides is 1. The maximum absolute atomic E-state index is 13.2. The van der Waals surface area contributed by atoms with Crippen molar-refractivity contribution in [1.82, 2.24) is 15.1 Å². The Labute approximate surface area is 145 Å². The molecule has 1 aromatic heterocycles. The molecule has 0 aliphatic carbocycles. The molecule has 1 aromatic carbocycles. The van der Waals surface area contributed by atoms with Gasteiger partial charge in [0.25, 0.3) is 5.91 Å². The lowest BCUT2D eigenvalue weighted by atomic mass is 9.89. The summed E-state index contributed by atoms with van der Waals surface area (Å²) in [7, 11) is 0. The maximum atomic E-state index is 13.2. The molecule has 0 bridgehead atoms. The van der Waals surface area contributed by atoms with E-state index in [0.717, 1.165) is 0 Å². The van der Waals surface area contributed by atoms with Gasteiger partial charge in [0.2, 0.25) is 0 Å². The summed E-state index contributed by atoms with van der Waals surface area (Å²) < 4.78 is 14.7. The number of aliphatic carboxylic acids is 1. The first-order valence-corrected chi connectivity index (χ1v) is 8.16. The lowest BCUT2D eigenvalue weighted by Gasteiger charge is -2.31. The summed E-state index contributed by atoms with van der Waals surface area (Å²) in [5.41, 5.74) is 0.736. The van der Waals surface area contributed by atoms with Crippen molar-refractivity contribution in [3.63, 3.8) is 0 Å². The van der Waals surface area contributed by atoms with Crippen LogP contribution < -0.4 is 5.32 Å². The van der Waals surface area contributed by atoms with Crippen LogP contribution in [0.3, 0.4) is 0 Å². The molecule has 1 heterocycles. The zero-order valence-corrected chi connectivity index (χ0v) is 14.5. The highest BCUT2D eigenvalue weighted by atomic mass is 19.1. The average molecular weight is 347 g/mol. The monoisotopic (exact) mass is 347 g/mol. The standard InChI is InChI=1S/C18H22FN3O3/c1-4-18(5-2,11-16(23)24)20-17(25)14-8-9-22(21-14)15-7-6-13(19)10-12(15)3/h6-10H,4-5,11H2,1-3H3,(H,20,25)(H,23,24). The number of nitrogens with zero attached hydrogens (tertiary/aromatic N) is 2. The largest absolute Gasteiger partial charge is 0.481 e. The molecule has 0 unspecified atom stereocenters. The van der Waals surface area contributed by atoms with E-state index in [1.54, 1.807) is 25.3 Å². The number of benzene rings is 1. The molecule has 2 N–H and O–H groups in total. The topological polar surface area (TPSA) is 84.2 Å². The Morgan fingerprint density at radius 3 is 2.52 bits per heavy atom. The molecule has 0 aliphatic rings. The number of carbonyl (C=O) groups is 2. The van der Waals surface area contributed by atoms with E-state index in [1.807, 2.05) is 13.8 Å². The normalized spacial score (nSPS) is 11.4. The first-order valence-electron chi connectivity index (χ1n) is 8.16. The Hall–Kier alpha value is -2.70. The van der Waals surface area contributed by atoms with Crippen molar-refractivity contribution in [2.24, 2.45) is 0 Å². The fourth-order valence-electron chi connectivity index (χ4n) is 2.77. The molecule has 2 aromatic rings. The van der Waals surface area contributed by atoms with Crippen LogP contribution in [0.5, 0.6) is 0 Å². The Bertz CT molecular complexity index is 782. The lowest BCUT2D eigenvalue weighted by Crippen LogP contribution is -2.49. The molecule has 134 valence electrons. The van der Waals surface area contributed by atoms with Crippen LogP contribution in [0.25, 0.3) is 5.69 Å². The highest BCUT2D eigenvalue weighted by molar-refractivity contribution is 5.93. The van der Waals surface area contributed by atoms with Crippen LogP contribution in [-0.2, 0) is 4.79 Å². The third-order valence-corrected chi connectivity index (χ3v) is 4.45. The first kappa shape index (κ1) is 18.6. The zero-order chi connectivity index (χ0) is 18.6. The molecule has 6 nitrogen and oxygen atoms in total. The van der Waals surface area contributed by atoms with Crippen molar-refractivity contribution < 1.29 is 19.1 Å². The van der Waals surface area contributed by atoms with Gasteiger partial charge in [-0.05, 0) is 49.6 Å². The second-order valence-corrected chi connectivity index (χ2v) is 6.09. The minimum atomic E-state index is -0.962. The number of carbonyl (C=O) groups excluding carboxylic acids is 1. The molecule has 0 aliphatic heterocycles. The Morgan fingerprint density at radius 1 is 1.28 bits per heavy atom. The Morgan fingerprint density at radius 2 is 1.96 bits per heavy atom. The summed E-state index contributed by atoms with van der Waals surface area (Å²) in [6, 6.07) is 5.86. The van der Waals surface area contributed by atoms with Gasteiger partial charge in [-0.1, -0.05) is 13.8 Å². The third kappa shape index (κ3) is 4.23. The molecular weight excluding hydrogens is 325 g/mol. The van der Waals surface area contributed by atoms with Crippen molar-refractivity contribution in [2.75, 3.05) is 0 Å². The molecule has 0 spiro atoms. The summed E-state index contributed by atoms with van der Waals surface area (Å²) in [5.74, 6) is -1.73. The highest BCUT2D eigenvalue weighted by Gasteiger charge is 2.31. The predicted molar refractivity (Wildman–Crippen MR) is 91.3 cm³/mol. The smallest absolute Gasteiger partial charge is 0.305 e. The van der Waals surface area contributed by atoms with Gasteiger partial charge >= 0.3 is 5.97 Å². The second kappa shape index (κ2) is 7.46. The van der Waals surface area contributed by atoms with E-state index in [-0.39, 0.29) is 17.9 Å². The number of carboxylic acids is 1. The van der Waals surface area contributed by atoms with E-state index in [4.69, 9.17) is 5.11 Å². The number of aryl methyl sites for hydroxylation is 1. The molecule has 0 saturated carbocycles. The van der Waals surface area contributed by atoms with Gasteiger partial charge in [-0.2, -0.15) is 5.10 Å². The Kier molecular flexibility index (Phi) is 5.56. The number of halogens is 1. The average Bonchev–Trinajstić information content (AvgIpc) is 3.03. The van der Waals surface area contributed by atoms with Crippen LogP contribution in [0.4, 0.5) is 4.39 Å². The van der Waals surface area contributed by atoms with Gasteiger partial charge < -0.3 is 10.4 Å². The van der Waals surface area contributed by atoms with E-state index in [1.165, 1.54) is 16.8 Å². The van der Waals surface area contributed by atoms with E-state index in [0.29, 0.717) is 24.1 Å². The fraction of sp³-hybridized carbons (Fsp3) is 0.389. The van der Waals surface area contributed by atoms with Crippen molar-refractivity contribution in [3.05, 3.63) is 47.5 Å². The number of hydrogen-bond donors (Lipinski definition) is 2. The summed E-state index contributed by atoms with van der Waals surface area (Å²) in [5, 5.41) is 16.1. The molecular formula is C18H22FN3O3. The highest BCUT2D eigenvalue weighted by Crippen LogP contribution is 2.21. The number of carboxylic acid groups (broad SMARTS) is 1. The van der Waals surface area contributed by atoms with Crippen LogP contribution in [0, 0.1) is 12.7 Å². The van der Waals surface area contributed by atoms with E-state index < -0.39 is 17.4 Å². The molecule has 0 radical (unpaired) electrons. The summed E-state index contributed by atoms with van der Waals surface area (Å²) >= 11 is 0. The van der Waals surface area contributed by atoms with Gasteiger partial charge in [0.15, 0.2) is 5.69 Å². The molecule has 0 saturated heterocycles. The van der Waals surface area contributed by atoms with Crippen LogP contribution in [0.1, 0.15) is 49.2 Å². The minimum absolute atomic E-state index is 0.149. The van der Waals surface area contributed by atoms with Crippen LogP contribution in [0.2, 0.25) is 0 Å². The predicted octanol–water partition coefficient (Wildman–Crippen LogP) is 3.08. The van der Waals surface area contributed by atoms with Gasteiger partial charge in [0, 0.05) is 6.20 Å². The number of aromatic nitrogens is 2. The molecule has 1 amide bonds. The number of nitrogens with one attached hydrogen (secondary N) is 1. The fourth-order valence-corrected chi connectivity index (χ4v) is 2.77. The molecule has 7 heteroatoms. The minimum Gasteiger partial charge on any atom is -0.481 e. The van der Waals surface area contributed by atoms with Crippen molar-refractivity contribution in [3.8, 4) is 5.69 Å². The Balaban J connectivity index is 2.23. The lowest BCUT2D eigenvalue weighted by molar-refractivity contribution is -0.138. The van der Waals surface area contributed by atoms with Gasteiger partial charge in [-0.15, -0.1) is 0 Å². The van der Waals surface area contributed by atoms with E-state index in [9.17, 15) is 14.0 Å². The molecule has 0 atom stereocenters. The summed E-state index contributed by atoms with van der Waals surface area (Å²) in [6.45, 7) is 5.44. The zero-order valence-electron chi connectivity index (χ0n) is 14.5. The van der Waals surface area contributed by atoms with Gasteiger partial charge in [-0.25, -0.2) is 9.07 Å². The number of hydrogen-bond acceptors (Lipinski definition) is 3. The van der Waals surface area contributed by atoms with Gasteiger partial charge in [0.05, 0.1) is 17.6 Å². The van der Waals surface area contributed by atoms with Crippen LogP contribution >= 0.6 is 0 Å². The van der Waals surface area contributed by atoms with Gasteiger partial charge in [0.1, 0.15) is 5.82 Å². The van der Waals surface area contributed by atoms with Crippen molar-refractivity contribution in [2.45, 2.75) is 45.6 Å². The number of rotatable bonds is 7. The molecule has 2 rings (SSSR count). The summed E-state index contributed by atoms with van der Waals surface area (Å²) in [4.78, 5) is 23.6. The molecule has 25 heavy (non-hydrogen) atoms.